The first-order chi connectivity index (χ1) is 16.4. The standard InChI is InChI=1S/C32H36N2/c1-19(2)15-27-21(5)17-33-31(27)29-23-11-7-9-13-25(23)30(26-14-10-8-12-24(26)29)32-28(16-20(3)4)22(6)18-34-32/h7-14,17-20,33-34H,15-16H2,1-6H3. The van der Waals surface area contributed by atoms with Crippen molar-refractivity contribution in [2.45, 2.75) is 54.4 Å². The van der Waals surface area contributed by atoms with Gasteiger partial charge in [0.2, 0.25) is 0 Å². The number of H-pyrrole nitrogens is 2. The first-order valence-electron chi connectivity index (χ1n) is 12.6. The molecule has 0 aliphatic rings. The van der Waals surface area contributed by atoms with Gasteiger partial charge in [-0.25, -0.2) is 0 Å². The molecule has 2 nitrogen and oxygen atoms in total. The summed E-state index contributed by atoms with van der Waals surface area (Å²) in [6, 6.07) is 17.9. The van der Waals surface area contributed by atoms with Gasteiger partial charge in [-0.05, 0) is 82.3 Å². The molecule has 174 valence electrons. The molecule has 0 unspecified atom stereocenters. The second-order valence-corrected chi connectivity index (χ2v) is 10.7. The van der Waals surface area contributed by atoms with Crippen molar-refractivity contribution >= 4 is 21.5 Å². The molecule has 2 heterocycles. The lowest BCUT2D eigenvalue weighted by molar-refractivity contribution is 0.646. The number of aromatic amines is 2. The van der Waals surface area contributed by atoms with E-state index in [0.29, 0.717) is 11.8 Å². The molecule has 0 saturated carbocycles. The highest BCUT2D eigenvalue weighted by atomic mass is 14.7. The molecule has 5 aromatic rings. The molecule has 0 aliphatic heterocycles. The minimum atomic E-state index is 0.602. The summed E-state index contributed by atoms with van der Waals surface area (Å²) < 4.78 is 0. The fourth-order valence-electron chi connectivity index (χ4n) is 5.56. The van der Waals surface area contributed by atoms with Crippen LogP contribution in [0.1, 0.15) is 49.9 Å². The quantitative estimate of drug-likeness (QED) is 0.243. The van der Waals surface area contributed by atoms with E-state index in [9.17, 15) is 0 Å². The Labute approximate surface area is 203 Å². The van der Waals surface area contributed by atoms with Crippen LogP contribution in [-0.4, -0.2) is 9.97 Å². The Morgan fingerprint density at radius 2 is 0.882 bits per heavy atom. The first-order valence-corrected chi connectivity index (χ1v) is 12.6. The van der Waals surface area contributed by atoms with Gasteiger partial charge in [0, 0.05) is 23.5 Å². The number of hydrogen-bond donors (Lipinski definition) is 2. The largest absolute Gasteiger partial charge is 0.361 e. The number of benzene rings is 3. The Kier molecular flexibility index (Phi) is 5.85. The minimum absolute atomic E-state index is 0.602. The summed E-state index contributed by atoms with van der Waals surface area (Å²) in [5, 5.41) is 5.24. The first kappa shape index (κ1) is 22.5. The molecule has 0 amide bonds. The molecule has 0 spiro atoms. The molecule has 2 N–H and O–H groups in total. The lowest BCUT2D eigenvalue weighted by atomic mass is 9.85. The molecule has 34 heavy (non-hydrogen) atoms. The van der Waals surface area contributed by atoms with Crippen LogP contribution in [-0.2, 0) is 12.8 Å². The zero-order valence-electron chi connectivity index (χ0n) is 21.3. The molecule has 2 heteroatoms. The van der Waals surface area contributed by atoms with E-state index in [1.807, 2.05) is 0 Å². The summed E-state index contributed by atoms with van der Waals surface area (Å²) in [5.41, 5.74) is 10.8. The summed E-state index contributed by atoms with van der Waals surface area (Å²) in [4.78, 5) is 7.35. The number of aryl methyl sites for hydroxylation is 2. The van der Waals surface area contributed by atoms with Crippen LogP contribution in [0.4, 0.5) is 0 Å². The van der Waals surface area contributed by atoms with E-state index >= 15 is 0 Å². The van der Waals surface area contributed by atoms with E-state index in [4.69, 9.17) is 0 Å². The molecule has 0 saturated heterocycles. The number of rotatable bonds is 6. The fraction of sp³-hybridized carbons (Fsp3) is 0.312. The minimum Gasteiger partial charge on any atom is -0.361 e. The van der Waals surface area contributed by atoms with E-state index in [-0.39, 0.29) is 0 Å². The van der Waals surface area contributed by atoms with Crippen LogP contribution in [0, 0.1) is 25.7 Å². The fourth-order valence-corrected chi connectivity index (χ4v) is 5.56. The van der Waals surface area contributed by atoms with Crippen LogP contribution in [0.2, 0.25) is 0 Å². The lowest BCUT2D eigenvalue weighted by Gasteiger charge is -2.19. The van der Waals surface area contributed by atoms with Gasteiger partial charge in [0.15, 0.2) is 0 Å². The summed E-state index contributed by atoms with van der Waals surface area (Å²) in [6.07, 6.45) is 6.51. The Balaban J connectivity index is 1.91. The zero-order chi connectivity index (χ0) is 24.0. The Bertz CT molecular complexity index is 1310. The van der Waals surface area contributed by atoms with Crippen LogP contribution in [0.15, 0.2) is 60.9 Å². The highest BCUT2D eigenvalue weighted by Gasteiger charge is 2.22. The number of hydrogen-bond acceptors (Lipinski definition) is 0. The predicted molar refractivity (Wildman–Crippen MR) is 148 cm³/mol. The zero-order valence-corrected chi connectivity index (χ0v) is 21.3. The normalized spacial score (nSPS) is 12.0. The Morgan fingerprint density at radius 3 is 1.18 bits per heavy atom. The van der Waals surface area contributed by atoms with E-state index in [1.165, 1.54) is 66.3 Å². The molecule has 0 radical (unpaired) electrons. The third-order valence-electron chi connectivity index (χ3n) is 7.08. The van der Waals surface area contributed by atoms with Crippen molar-refractivity contribution in [2.24, 2.45) is 11.8 Å². The smallest absolute Gasteiger partial charge is 0.0501 e. The third kappa shape index (κ3) is 3.76. The predicted octanol–water partition coefficient (Wildman–Crippen LogP) is 9.00. The van der Waals surface area contributed by atoms with Gasteiger partial charge in [0.1, 0.15) is 0 Å². The van der Waals surface area contributed by atoms with Crippen LogP contribution in [0.3, 0.4) is 0 Å². The number of fused-ring (bicyclic) bond motifs is 2. The number of aromatic nitrogens is 2. The molecule has 0 bridgehead atoms. The van der Waals surface area contributed by atoms with E-state index in [1.54, 1.807) is 0 Å². The van der Waals surface area contributed by atoms with Gasteiger partial charge < -0.3 is 9.97 Å². The average Bonchev–Trinajstić information content (AvgIpc) is 3.33. The highest BCUT2D eigenvalue weighted by Crippen LogP contribution is 2.45. The van der Waals surface area contributed by atoms with E-state index in [0.717, 1.165) is 12.8 Å². The second kappa shape index (κ2) is 8.83. The van der Waals surface area contributed by atoms with Gasteiger partial charge >= 0.3 is 0 Å². The Morgan fingerprint density at radius 1 is 0.559 bits per heavy atom. The number of nitrogens with one attached hydrogen (secondary N) is 2. The molecule has 3 aromatic carbocycles. The Hall–Kier alpha value is -3.26. The molecule has 0 atom stereocenters. The maximum atomic E-state index is 3.67. The van der Waals surface area contributed by atoms with Crippen LogP contribution in [0.5, 0.6) is 0 Å². The van der Waals surface area contributed by atoms with Crippen molar-refractivity contribution < 1.29 is 0 Å². The topological polar surface area (TPSA) is 31.6 Å². The molecule has 2 aromatic heterocycles. The van der Waals surface area contributed by atoms with Gasteiger partial charge in [-0.3, -0.25) is 0 Å². The summed E-state index contributed by atoms with van der Waals surface area (Å²) in [5.74, 6) is 1.20. The molecular formula is C32H36N2. The van der Waals surface area contributed by atoms with Crippen molar-refractivity contribution in [3.8, 4) is 22.5 Å². The van der Waals surface area contributed by atoms with Gasteiger partial charge in [0.05, 0.1) is 11.4 Å². The van der Waals surface area contributed by atoms with Crippen molar-refractivity contribution in [1.82, 2.24) is 9.97 Å². The van der Waals surface area contributed by atoms with Gasteiger partial charge in [0.25, 0.3) is 0 Å². The molecule has 0 fully saturated rings. The summed E-state index contributed by atoms with van der Waals surface area (Å²) in [7, 11) is 0. The second-order valence-electron chi connectivity index (χ2n) is 10.7. The van der Waals surface area contributed by atoms with Crippen LogP contribution in [0.25, 0.3) is 44.1 Å². The van der Waals surface area contributed by atoms with Crippen molar-refractivity contribution in [1.29, 1.82) is 0 Å². The average molecular weight is 449 g/mol. The monoisotopic (exact) mass is 448 g/mol. The van der Waals surface area contributed by atoms with Crippen molar-refractivity contribution in [3.63, 3.8) is 0 Å². The third-order valence-corrected chi connectivity index (χ3v) is 7.08. The maximum absolute atomic E-state index is 3.67. The van der Waals surface area contributed by atoms with Gasteiger partial charge in [-0.2, -0.15) is 0 Å². The van der Waals surface area contributed by atoms with Crippen LogP contribution < -0.4 is 0 Å². The molecule has 5 rings (SSSR count). The summed E-state index contributed by atoms with van der Waals surface area (Å²) >= 11 is 0. The SMILES string of the molecule is Cc1c[nH]c(-c2c3ccccc3c(-c3[nH]cc(C)c3CC(C)C)c3ccccc23)c1CC(C)C. The summed E-state index contributed by atoms with van der Waals surface area (Å²) in [6.45, 7) is 13.7. The van der Waals surface area contributed by atoms with E-state index in [2.05, 4.69) is 112 Å². The van der Waals surface area contributed by atoms with Gasteiger partial charge in [-0.15, -0.1) is 0 Å². The van der Waals surface area contributed by atoms with E-state index < -0.39 is 0 Å². The van der Waals surface area contributed by atoms with Crippen molar-refractivity contribution in [3.05, 3.63) is 83.2 Å². The van der Waals surface area contributed by atoms with Crippen LogP contribution >= 0.6 is 0 Å². The highest BCUT2D eigenvalue weighted by molar-refractivity contribution is 6.21. The molecule has 0 aliphatic carbocycles. The maximum Gasteiger partial charge on any atom is 0.0501 e. The van der Waals surface area contributed by atoms with Gasteiger partial charge in [-0.1, -0.05) is 76.2 Å². The lowest BCUT2D eigenvalue weighted by Crippen LogP contribution is -2.00. The molecular weight excluding hydrogens is 412 g/mol. The van der Waals surface area contributed by atoms with Crippen molar-refractivity contribution in [2.75, 3.05) is 0 Å².